The molecule has 0 aromatic carbocycles. The van der Waals surface area contributed by atoms with Crippen LogP contribution in [0, 0.1) is 13.0 Å². The van der Waals surface area contributed by atoms with Crippen LogP contribution in [0.25, 0.3) is 0 Å². The van der Waals surface area contributed by atoms with E-state index < -0.39 is 5.91 Å². The van der Waals surface area contributed by atoms with Gasteiger partial charge in [0.1, 0.15) is 6.61 Å². The number of hydrogen-bond donors (Lipinski definition) is 1. The summed E-state index contributed by atoms with van der Waals surface area (Å²) >= 11 is 0. The van der Waals surface area contributed by atoms with Gasteiger partial charge in [0, 0.05) is 24.0 Å². The van der Waals surface area contributed by atoms with Crippen LogP contribution in [0.2, 0.25) is 0 Å². The van der Waals surface area contributed by atoms with Gasteiger partial charge in [0.25, 0.3) is 5.91 Å². The van der Waals surface area contributed by atoms with Crippen LogP contribution in [0.1, 0.15) is 16.2 Å². The molecule has 6 heteroatoms. The molecule has 0 saturated heterocycles. The van der Waals surface area contributed by atoms with E-state index in [2.05, 4.69) is 16.1 Å². The number of hydrogen-bond acceptors (Lipinski definition) is 4. The molecule has 0 bridgehead atoms. The highest BCUT2D eigenvalue weighted by Gasteiger charge is 2.05. The van der Waals surface area contributed by atoms with Gasteiger partial charge in [-0.2, -0.15) is 5.10 Å². The van der Waals surface area contributed by atoms with Crippen molar-refractivity contribution in [2.45, 2.75) is 13.5 Å². The molecule has 2 aromatic rings. The van der Waals surface area contributed by atoms with Crippen LogP contribution >= 0.6 is 0 Å². The van der Waals surface area contributed by atoms with E-state index in [0.717, 1.165) is 5.69 Å². The van der Waals surface area contributed by atoms with E-state index in [9.17, 15) is 4.79 Å². The second-order valence-electron chi connectivity index (χ2n) is 3.72. The lowest BCUT2D eigenvalue weighted by molar-refractivity contribution is 0.0994. The number of aryl methyl sites for hydroxylation is 1. The lowest BCUT2D eigenvalue weighted by Gasteiger charge is -2.05. The Morgan fingerprint density at radius 1 is 1.56 bits per heavy atom. The Labute approximate surface area is 104 Å². The van der Waals surface area contributed by atoms with Crippen molar-refractivity contribution in [1.29, 1.82) is 0 Å². The second-order valence-corrected chi connectivity index (χ2v) is 3.72. The summed E-state index contributed by atoms with van der Waals surface area (Å²) in [6.45, 7) is 2.80. The minimum absolute atomic E-state index is 0.128. The van der Waals surface area contributed by atoms with Gasteiger partial charge < -0.3 is 10.5 Å². The highest BCUT2D eigenvalue weighted by Crippen LogP contribution is 2.06. The van der Waals surface area contributed by atoms with Crippen molar-refractivity contribution in [3.8, 4) is 5.88 Å². The molecule has 1 radical (unpaired) electrons. The second kappa shape index (κ2) is 5.31. The van der Waals surface area contributed by atoms with Crippen LogP contribution in [0.5, 0.6) is 5.88 Å². The molecule has 2 heterocycles. The molecule has 6 nitrogen and oxygen atoms in total. The van der Waals surface area contributed by atoms with Gasteiger partial charge in [-0.3, -0.25) is 9.48 Å². The normalized spacial score (nSPS) is 10.3. The number of ether oxygens (including phenoxy) is 1. The van der Waals surface area contributed by atoms with Crippen LogP contribution < -0.4 is 10.5 Å². The van der Waals surface area contributed by atoms with Crippen molar-refractivity contribution in [3.05, 3.63) is 41.9 Å². The Bertz CT molecular complexity index is 551. The van der Waals surface area contributed by atoms with Gasteiger partial charge in [0.05, 0.1) is 6.54 Å². The largest absolute Gasteiger partial charge is 0.476 e. The van der Waals surface area contributed by atoms with E-state index in [-0.39, 0.29) is 5.69 Å². The maximum atomic E-state index is 10.8. The quantitative estimate of drug-likeness (QED) is 0.834. The monoisotopic (exact) mass is 245 g/mol. The lowest BCUT2D eigenvalue weighted by Crippen LogP contribution is -2.14. The van der Waals surface area contributed by atoms with Crippen molar-refractivity contribution < 1.29 is 9.53 Å². The first-order valence-electron chi connectivity index (χ1n) is 5.46. The molecule has 2 rings (SSSR count). The molecule has 93 valence electrons. The standard InChI is InChI=1S/C12H13N4O2/c1-9-3-2-4-11(14-9)18-8-7-16-6-5-10(15-16)12(13)17/h2-4,6H,7-8H2,1H3,(H2,13,17). The Kier molecular flexibility index (Phi) is 3.57. The molecule has 2 N–H and O–H groups in total. The SMILES string of the molecule is Cc1cccc(OCCn2c[c]c(C(N)=O)n2)n1. The zero-order chi connectivity index (χ0) is 13.0. The summed E-state index contributed by atoms with van der Waals surface area (Å²) in [6, 6.07) is 8.23. The van der Waals surface area contributed by atoms with E-state index in [0.29, 0.717) is 19.0 Å². The van der Waals surface area contributed by atoms with E-state index in [1.165, 1.54) is 0 Å². The van der Waals surface area contributed by atoms with Crippen molar-refractivity contribution in [1.82, 2.24) is 14.8 Å². The summed E-state index contributed by atoms with van der Waals surface area (Å²) in [5.74, 6) is -0.0173. The highest BCUT2D eigenvalue weighted by molar-refractivity contribution is 5.90. The van der Waals surface area contributed by atoms with Crippen LogP contribution in [0.4, 0.5) is 0 Å². The van der Waals surface area contributed by atoms with Crippen LogP contribution in [0.3, 0.4) is 0 Å². The summed E-state index contributed by atoms with van der Waals surface area (Å²) in [7, 11) is 0. The van der Waals surface area contributed by atoms with Gasteiger partial charge in [0.15, 0.2) is 5.69 Å². The number of rotatable bonds is 5. The van der Waals surface area contributed by atoms with Crippen molar-refractivity contribution in [2.75, 3.05) is 6.61 Å². The number of amides is 1. The average molecular weight is 245 g/mol. The third-order valence-corrected chi connectivity index (χ3v) is 2.25. The molecule has 18 heavy (non-hydrogen) atoms. The van der Waals surface area contributed by atoms with Gasteiger partial charge in [-0.1, -0.05) is 6.07 Å². The van der Waals surface area contributed by atoms with Crippen LogP contribution in [-0.4, -0.2) is 27.3 Å². The Hall–Kier alpha value is -2.37. The molecule has 2 aromatic heterocycles. The maximum Gasteiger partial charge on any atom is 0.269 e. The van der Waals surface area contributed by atoms with E-state index in [4.69, 9.17) is 10.5 Å². The van der Waals surface area contributed by atoms with E-state index in [1.807, 2.05) is 19.1 Å². The van der Waals surface area contributed by atoms with Crippen molar-refractivity contribution in [2.24, 2.45) is 5.73 Å². The summed E-state index contributed by atoms with van der Waals surface area (Å²) in [6.07, 6.45) is 1.56. The van der Waals surface area contributed by atoms with Crippen LogP contribution in [0.15, 0.2) is 24.4 Å². The lowest BCUT2D eigenvalue weighted by atomic mass is 10.4. The first-order chi connectivity index (χ1) is 8.65. The summed E-state index contributed by atoms with van der Waals surface area (Å²) < 4.78 is 7.01. The van der Waals surface area contributed by atoms with E-state index in [1.54, 1.807) is 16.9 Å². The van der Waals surface area contributed by atoms with Gasteiger partial charge >= 0.3 is 0 Å². The average Bonchev–Trinajstić information content (AvgIpc) is 2.78. The van der Waals surface area contributed by atoms with Crippen molar-refractivity contribution >= 4 is 5.91 Å². The molecule has 0 atom stereocenters. The molecular weight excluding hydrogens is 232 g/mol. The Morgan fingerprint density at radius 2 is 2.39 bits per heavy atom. The van der Waals surface area contributed by atoms with Crippen LogP contribution in [-0.2, 0) is 6.54 Å². The molecule has 0 aliphatic rings. The first kappa shape index (κ1) is 12.1. The molecular formula is C12H13N4O2. The van der Waals surface area contributed by atoms with Crippen molar-refractivity contribution in [3.63, 3.8) is 0 Å². The number of pyridine rings is 1. The molecule has 0 aliphatic heterocycles. The maximum absolute atomic E-state index is 10.8. The molecule has 0 spiro atoms. The number of nitrogens with zero attached hydrogens (tertiary/aromatic N) is 3. The predicted octanol–water partition coefficient (Wildman–Crippen LogP) is 0.565. The zero-order valence-corrected chi connectivity index (χ0v) is 9.96. The minimum Gasteiger partial charge on any atom is -0.476 e. The summed E-state index contributed by atoms with van der Waals surface area (Å²) in [5, 5.41) is 3.94. The smallest absolute Gasteiger partial charge is 0.269 e. The third-order valence-electron chi connectivity index (χ3n) is 2.25. The minimum atomic E-state index is -0.588. The van der Waals surface area contributed by atoms with Gasteiger partial charge in [0.2, 0.25) is 5.88 Å². The Balaban J connectivity index is 1.86. The first-order valence-corrected chi connectivity index (χ1v) is 5.46. The number of primary amides is 1. The molecule has 0 unspecified atom stereocenters. The van der Waals surface area contributed by atoms with Gasteiger partial charge in [-0.15, -0.1) is 0 Å². The fourth-order valence-corrected chi connectivity index (χ4v) is 1.40. The molecule has 0 aliphatic carbocycles. The fraction of sp³-hybridized carbons (Fsp3) is 0.250. The highest BCUT2D eigenvalue weighted by atomic mass is 16.5. The number of carbonyl (C=O) groups excluding carboxylic acids is 1. The fourth-order valence-electron chi connectivity index (χ4n) is 1.40. The molecule has 0 fully saturated rings. The topological polar surface area (TPSA) is 83.0 Å². The summed E-state index contributed by atoms with van der Waals surface area (Å²) in [5.41, 5.74) is 6.10. The summed E-state index contributed by atoms with van der Waals surface area (Å²) in [4.78, 5) is 15.0. The third kappa shape index (κ3) is 3.07. The zero-order valence-electron chi connectivity index (χ0n) is 9.96. The Morgan fingerprint density at radius 3 is 3.06 bits per heavy atom. The molecule has 1 amide bonds. The number of carbonyl (C=O) groups is 1. The van der Waals surface area contributed by atoms with E-state index >= 15 is 0 Å². The number of nitrogens with two attached hydrogens (primary N) is 1. The molecule has 0 saturated carbocycles. The predicted molar refractivity (Wildman–Crippen MR) is 64.0 cm³/mol. The van der Waals surface area contributed by atoms with Gasteiger partial charge in [-0.25, -0.2) is 4.98 Å². The van der Waals surface area contributed by atoms with Gasteiger partial charge in [-0.05, 0) is 13.0 Å². The number of aromatic nitrogens is 3.